The van der Waals surface area contributed by atoms with Gasteiger partial charge in [-0.25, -0.2) is 4.98 Å². The lowest BCUT2D eigenvalue weighted by Crippen LogP contribution is -2.22. The van der Waals surface area contributed by atoms with E-state index < -0.39 is 0 Å². The van der Waals surface area contributed by atoms with Crippen LogP contribution >= 0.6 is 11.3 Å². The summed E-state index contributed by atoms with van der Waals surface area (Å²) in [7, 11) is 0. The molecule has 0 fully saturated rings. The van der Waals surface area contributed by atoms with E-state index in [1.165, 1.54) is 11.3 Å². The molecule has 0 saturated carbocycles. The number of carbonyl (C=O) groups excluding carboxylic acids is 1. The lowest BCUT2D eigenvalue weighted by atomic mass is 10.1. The number of H-pyrrole nitrogens is 1. The Labute approximate surface area is 149 Å². The molecule has 8 heteroatoms. The molecule has 0 radical (unpaired) electrons. The molecule has 1 amide bonds. The molecule has 7 nitrogen and oxygen atoms in total. The van der Waals surface area contributed by atoms with E-state index in [-0.39, 0.29) is 11.8 Å². The van der Waals surface area contributed by atoms with E-state index in [1.807, 2.05) is 32.9 Å². The molecule has 1 aromatic carbocycles. The van der Waals surface area contributed by atoms with Crippen LogP contribution in [0.15, 0.2) is 24.3 Å². The number of amides is 1. The zero-order valence-electron chi connectivity index (χ0n) is 14.4. The third-order valence-corrected chi connectivity index (χ3v) is 4.71. The molecule has 0 atom stereocenters. The Morgan fingerprint density at radius 2 is 2.08 bits per heavy atom. The summed E-state index contributed by atoms with van der Waals surface area (Å²) in [4.78, 5) is 16.9. The molecule has 0 aliphatic carbocycles. The van der Waals surface area contributed by atoms with Gasteiger partial charge in [0.1, 0.15) is 15.8 Å². The van der Waals surface area contributed by atoms with Gasteiger partial charge in [-0.2, -0.15) is 5.10 Å². The Morgan fingerprint density at radius 1 is 1.28 bits per heavy atom. The van der Waals surface area contributed by atoms with E-state index in [1.54, 1.807) is 12.1 Å². The van der Waals surface area contributed by atoms with Gasteiger partial charge < -0.3 is 5.32 Å². The molecule has 25 heavy (non-hydrogen) atoms. The highest BCUT2D eigenvalue weighted by Gasteiger charge is 2.12. The van der Waals surface area contributed by atoms with Crippen molar-refractivity contribution in [1.29, 1.82) is 0 Å². The number of nitrogens with zero attached hydrogens (tertiary/aromatic N) is 4. The molecular weight excluding hydrogens is 336 g/mol. The van der Waals surface area contributed by atoms with E-state index in [0.717, 1.165) is 27.8 Å². The number of benzene rings is 1. The van der Waals surface area contributed by atoms with Crippen LogP contribution in [0.1, 0.15) is 52.9 Å². The minimum Gasteiger partial charge on any atom is -0.345 e. The monoisotopic (exact) mass is 356 g/mol. The maximum absolute atomic E-state index is 12.4. The number of carbonyl (C=O) groups is 1. The molecule has 2 N–H and O–H groups in total. The third-order valence-electron chi connectivity index (χ3n) is 3.64. The Bertz CT molecular complexity index is 869. The maximum Gasteiger partial charge on any atom is 0.251 e. The first-order valence-electron chi connectivity index (χ1n) is 8.19. The van der Waals surface area contributed by atoms with E-state index in [4.69, 9.17) is 0 Å². The van der Waals surface area contributed by atoms with Gasteiger partial charge in [0.25, 0.3) is 5.91 Å². The van der Waals surface area contributed by atoms with Gasteiger partial charge in [0.2, 0.25) is 0 Å². The standard InChI is InChI=1S/C17H20N6OS/c1-4-13-20-21-14(25-13)9-18-17(24)12-7-5-6-11(8-12)16-19-15(10(2)3)22-23-16/h5-8,10H,4,9H2,1-3H3,(H,18,24)(H,19,22,23). The molecule has 2 aromatic heterocycles. The van der Waals surface area contributed by atoms with Gasteiger partial charge in [-0.1, -0.05) is 44.2 Å². The number of aromatic nitrogens is 5. The number of nitrogens with one attached hydrogen (secondary N) is 2. The van der Waals surface area contributed by atoms with Crippen molar-refractivity contribution >= 4 is 17.2 Å². The van der Waals surface area contributed by atoms with Crippen LogP contribution in [0.25, 0.3) is 11.4 Å². The minimum absolute atomic E-state index is 0.158. The summed E-state index contributed by atoms with van der Waals surface area (Å²) in [5.41, 5.74) is 1.37. The van der Waals surface area contributed by atoms with Crippen LogP contribution < -0.4 is 5.32 Å². The zero-order valence-corrected chi connectivity index (χ0v) is 15.2. The number of hydrogen-bond acceptors (Lipinski definition) is 6. The fourth-order valence-electron chi connectivity index (χ4n) is 2.22. The molecule has 2 heterocycles. The van der Waals surface area contributed by atoms with Crippen LogP contribution in [0.4, 0.5) is 0 Å². The number of aromatic amines is 1. The van der Waals surface area contributed by atoms with Crippen molar-refractivity contribution < 1.29 is 4.79 Å². The third kappa shape index (κ3) is 4.08. The maximum atomic E-state index is 12.4. The summed E-state index contributed by atoms with van der Waals surface area (Å²) < 4.78 is 0. The summed E-state index contributed by atoms with van der Waals surface area (Å²) in [5, 5.41) is 19.9. The second kappa shape index (κ2) is 7.52. The van der Waals surface area contributed by atoms with Crippen molar-refractivity contribution in [2.24, 2.45) is 0 Å². The molecule has 130 valence electrons. The van der Waals surface area contributed by atoms with Crippen LogP contribution in [-0.4, -0.2) is 31.3 Å². The van der Waals surface area contributed by atoms with Gasteiger partial charge in [-0.05, 0) is 18.6 Å². The average molecular weight is 356 g/mol. The molecule has 3 aromatic rings. The van der Waals surface area contributed by atoms with Crippen molar-refractivity contribution in [3.63, 3.8) is 0 Å². The van der Waals surface area contributed by atoms with Crippen molar-refractivity contribution in [2.45, 2.75) is 39.7 Å². The number of rotatable bonds is 6. The SMILES string of the molecule is CCc1nnc(CNC(=O)c2cccc(-c3n[nH]c(C(C)C)n3)c2)s1. The van der Waals surface area contributed by atoms with Crippen LogP contribution in [0.3, 0.4) is 0 Å². The highest BCUT2D eigenvalue weighted by Crippen LogP contribution is 2.19. The first-order valence-corrected chi connectivity index (χ1v) is 9.00. The van der Waals surface area contributed by atoms with Gasteiger partial charge in [0, 0.05) is 17.0 Å². The Kier molecular flexibility index (Phi) is 5.18. The van der Waals surface area contributed by atoms with Crippen LogP contribution in [0, 0.1) is 0 Å². The van der Waals surface area contributed by atoms with Gasteiger partial charge in [-0.3, -0.25) is 9.89 Å². The van der Waals surface area contributed by atoms with Crippen molar-refractivity contribution in [3.05, 3.63) is 45.7 Å². The van der Waals surface area contributed by atoms with Crippen molar-refractivity contribution in [3.8, 4) is 11.4 Å². The summed E-state index contributed by atoms with van der Waals surface area (Å²) >= 11 is 1.51. The van der Waals surface area contributed by atoms with Crippen molar-refractivity contribution in [1.82, 2.24) is 30.7 Å². The number of aryl methyl sites for hydroxylation is 1. The van der Waals surface area contributed by atoms with Gasteiger partial charge in [0.15, 0.2) is 5.82 Å². The average Bonchev–Trinajstić information content (AvgIpc) is 3.29. The van der Waals surface area contributed by atoms with Gasteiger partial charge >= 0.3 is 0 Å². The quantitative estimate of drug-likeness (QED) is 0.708. The van der Waals surface area contributed by atoms with E-state index in [9.17, 15) is 4.79 Å². The summed E-state index contributed by atoms with van der Waals surface area (Å²) in [6.07, 6.45) is 0.850. The Hall–Kier alpha value is -2.61. The van der Waals surface area contributed by atoms with E-state index in [2.05, 4.69) is 30.7 Å². The van der Waals surface area contributed by atoms with E-state index in [0.29, 0.717) is 17.9 Å². The second-order valence-electron chi connectivity index (χ2n) is 5.91. The highest BCUT2D eigenvalue weighted by atomic mass is 32.1. The smallest absolute Gasteiger partial charge is 0.251 e. The van der Waals surface area contributed by atoms with E-state index >= 15 is 0 Å². The molecular formula is C17H20N6OS. The fraction of sp³-hybridized carbons (Fsp3) is 0.353. The predicted octanol–water partition coefficient (Wildman–Crippen LogP) is 2.94. The first kappa shape index (κ1) is 17.2. The highest BCUT2D eigenvalue weighted by molar-refractivity contribution is 7.11. The zero-order chi connectivity index (χ0) is 17.8. The Morgan fingerprint density at radius 3 is 2.76 bits per heavy atom. The Balaban J connectivity index is 1.70. The summed E-state index contributed by atoms with van der Waals surface area (Å²) in [6.45, 7) is 6.50. The topological polar surface area (TPSA) is 96.5 Å². The van der Waals surface area contributed by atoms with Crippen LogP contribution in [0.2, 0.25) is 0 Å². The van der Waals surface area contributed by atoms with Gasteiger partial charge in [-0.15, -0.1) is 10.2 Å². The fourth-order valence-corrected chi connectivity index (χ4v) is 2.95. The largest absolute Gasteiger partial charge is 0.345 e. The molecule has 3 rings (SSSR count). The lowest BCUT2D eigenvalue weighted by molar-refractivity contribution is 0.0951. The molecule has 0 saturated heterocycles. The lowest BCUT2D eigenvalue weighted by Gasteiger charge is -2.04. The normalized spacial score (nSPS) is 11.0. The second-order valence-corrected chi connectivity index (χ2v) is 7.05. The number of hydrogen-bond donors (Lipinski definition) is 2. The summed E-state index contributed by atoms with van der Waals surface area (Å²) in [6, 6.07) is 7.28. The van der Waals surface area contributed by atoms with Crippen LogP contribution in [0.5, 0.6) is 0 Å². The molecule has 0 aliphatic rings. The molecule has 0 spiro atoms. The summed E-state index contributed by atoms with van der Waals surface area (Å²) in [5.74, 6) is 1.53. The van der Waals surface area contributed by atoms with Crippen LogP contribution in [-0.2, 0) is 13.0 Å². The van der Waals surface area contributed by atoms with Gasteiger partial charge in [0.05, 0.1) is 6.54 Å². The minimum atomic E-state index is -0.158. The molecule has 0 bridgehead atoms. The molecule has 0 aliphatic heterocycles. The molecule has 0 unspecified atom stereocenters. The predicted molar refractivity (Wildman–Crippen MR) is 96.4 cm³/mol. The first-order chi connectivity index (χ1) is 12.1. The van der Waals surface area contributed by atoms with Crippen molar-refractivity contribution in [2.75, 3.05) is 0 Å².